The van der Waals surface area contributed by atoms with Crippen LogP contribution in [-0.2, 0) is 4.74 Å². The van der Waals surface area contributed by atoms with Gasteiger partial charge in [0.25, 0.3) is 0 Å². The number of carbonyl (C=O) groups is 1. The molecule has 2 aromatic rings. The zero-order chi connectivity index (χ0) is 18.4. The van der Waals surface area contributed by atoms with Crippen molar-refractivity contribution >= 4 is 11.7 Å². The number of morpholine rings is 1. The van der Waals surface area contributed by atoms with Crippen molar-refractivity contribution in [2.45, 2.75) is 6.04 Å². The van der Waals surface area contributed by atoms with Crippen LogP contribution in [0.3, 0.4) is 0 Å². The topological polar surface area (TPSA) is 80.3 Å². The van der Waals surface area contributed by atoms with E-state index in [1.54, 1.807) is 42.3 Å². The van der Waals surface area contributed by atoms with E-state index in [1.165, 1.54) is 0 Å². The van der Waals surface area contributed by atoms with Crippen molar-refractivity contribution in [3.63, 3.8) is 0 Å². The maximum atomic E-state index is 12.4. The third kappa shape index (κ3) is 4.44. The first-order chi connectivity index (χ1) is 12.7. The minimum absolute atomic E-state index is 0.124. The Hall–Kier alpha value is -2.77. The fourth-order valence-corrected chi connectivity index (χ4v) is 2.68. The van der Waals surface area contributed by atoms with Crippen LogP contribution in [0.5, 0.6) is 17.2 Å². The van der Waals surface area contributed by atoms with E-state index in [1.807, 2.05) is 18.2 Å². The number of aliphatic hydroxyl groups is 1. The molecule has 0 aromatic heterocycles. The van der Waals surface area contributed by atoms with E-state index in [9.17, 15) is 9.90 Å². The van der Waals surface area contributed by atoms with Gasteiger partial charge in [-0.2, -0.15) is 0 Å². The van der Waals surface area contributed by atoms with E-state index < -0.39 is 0 Å². The zero-order valence-electron chi connectivity index (χ0n) is 14.6. The number of nitrogens with one attached hydrogen (secondary N) is 1. The number of benzene rings is 2. The molecule has 7 nitrogen and oxygen atoms in total. The molecule has 0 saturated carbocycles. The molecule has 1 fully saturated rings. The van der Waals surface area contributed by atoms with Gasteiger partial charge >= 0.3 is 6.03 Å². The van der Waals surface area contributed by atoms with E-state index in [0.29, 0.717) is 36.9 Å². The lowest BCUT2D eigenvalue weighted by molar-refractivity contribution is -0.00485. The van der Waals surface area contributed by atoms with Crippen molar-refractivity contribution in [1.82, 2.24) is 4.90 Å². The van der Waals surface area contributed by atoms with Crippen molar-refractivity contribution in [2.24, 2.45) is 0 Å². The van der Waals surface area contributed by atoms with Gasteiger partial charge < -0.3 is 29.5 Å². The first kappa shape index (κ1) is 18.0. The highest BCUT2D eigenvalue weighted by atomic mass is 16.5. The predicted molar refractivity (Wildman–Crippen MR) is 96.9 cm³/mol. The van der Waals surface area contributed by atoms with Gasteiger partial charge in [-0.05, 0) is 36.4 Å². The average molecular weight is 358 g/mol. The molecule has 3 rings (SSSR count). The fourth-order valence-electron chi connectivity index (χ4n) is 2.68. The SMILES string of the molecule is COc1cccc(Oc2ccc(NC(=O)N3CCOC[C@H]3CO)cc2)c1. The Balaban J connectivity index is 1.61. The van der Waals surface area contributed by atoms with Crippen molar-refractivity contribution in [3.8, 4) is 17.2 Å². The number of aliphatic hydroxyl groups excluding tert-OH is 1. The number of methoxy groups -OCH3 is 1. The molecule has 26 heavy (non-hydrogen) atoms. The van der Waals surface area contributed by atoms with Crippen molar-refractivity contribution in [2.75, 3.05) is 38.8 Å². The summed E-state index contributed by atoms with van der Waals surface area (Å²) in [5.41, 5.74) is 0.649. The van der Waals surface area contributed by atoms with Gasteiger partial charge in [0, 0.05) is 18.3 Å². The van der Waals surface area contributed by atoms with Gasteiger partial charge in [0.15, 0.2) is 0 Å². The molecule has 1 saturated heterocycles. The normalized spacial score (nSPS) is 16.8. The first-order valence-corrected chi connectivity index (χ1v) is 8.38. The summed E-state index contributed by atoms with van der Waals surface area (Å²) in [6, 6.07) is 13.8. The van der Waals surface area contributed by atoms with Crippen molar-refractivity contribution < 1.29 is 24.1 Å². The molecule has 0 radical (unpaired) electrons. The zero-order valence-corrected chi connectivity index (χ0v) is 14.6. The van der Waals surface area contributed by atoms with Crippen LogP contribution in [0, 0.1) is 0 Å². The molecule has 2 aromatic carbocycles. The van der Waals surface area contributed by atoms with E-state index in [2.05, 4.69) is 5.32 Å². The largest absolute Gasteiger partial charge is 0.497 e. The number of anilines is 1. The number of amides is 2. The molecule has 1 heterocycles. The van der Waals surface area contributed by atoms with Crippen molar-refractivity contribution in [3.05, 3.63) is 48.5 Å². The summed E-state index contributed by atoms with van der Waals surface area (Å²) < 4.78 is 16.2. The number of nitrogens with zero attached hydrogens (tertiary/aromatic N) is 1. The lowest BCUT2D eigenvalue weighted by Crippen LogP contribution is -2.52. The summed E-state index contributed by atoms with van der Waals surface area (Å²) in [7, 11) is 1.60. The summed E-state index contributed by atoms with van der Waals surface area (Å²) in [5.74, 6) is 2.03. The first-order valence-electron chi connectivity index (χ1n) is 8.38. The highest BCUT2D eigenvalue weighted by Crippen LogP contribution is 2.26. The highest BCUT2D eigenvalue weighted by molar-refractivity contribution is 5.89. The Bertz CT molecular complexity index is 735. The molecular weight excluding hydrogens is 336 g/mol. The second kappa shape index (κ2) is 8.55. The minimum Gasteiger partial charge on any atom is -0.497 e. The maximum absolute atomic E-state index is 12.4. The van der Waals surface area contributed by atoms with Gasteiger partial charge in [0.05, 0.1) is 33.0 Å². The summed E-state index contributed by atoms with van der Waals surface area (Å²) in [6.45, 7) is 1.14. The molecule has 2 amide bonds. The molecule has 0 aliphatic carbocycles. The minimum atomic E-state index is -0.320. The quantitative estimate of drug-likeness (QED) is 0.859. The number of hydrogen-bond acceptors (Lipinski definition) is 5. The fraction of sp³-hybridized carbons (Fsp3) is 0.316. The lowest BCUT2D eigenvalue weighted by atomic mass is 10.2. The second-order valence-electron chi connectivity index (χ2n) is 5.84. The molecule has 1 atom stereocenters. The number of ether oxygens (including phenoxy) is 3. The molecular formula is C19H22N2O5. The van der Waals surface area contributed by atoms with Crippen LogP contribution in [0.15, 0.2) is 48.5 Å². The van der Waals surface area contributed by atoms with E-state index >= 15 is 0 Å². The number of carbonyl (C=O) groups excluding carboxylic acids is 1. The van der Waals surface area contributed by atoms with Crippen molar-refractivity contribution in [1.29, 1.82) is 0 Å². The molecule has 7 heteroatoms. The Morgan fingerprint density at radius 2 is 2.00 bits per heavy atom. The third-order valence-electron chi connectivity index (χ3n) is 4.08. The van der Waals surface area contributed by atoms with Gasteiger partial charge in [0.1, 0.15) is 17.2 Å². The third-order valence-corrected chi connectivity index (χ3v) is 4.08. The molecule has 2 N–H and O–H groups in total. The average Bonchev–Trinajstić information content (AvgIpc) is 2.69. The summed E-state index contributed by atoms with van der Waals surface area (Å²) in [6.07, 6.45) is 0. The molecule has 0 bridgehead atoms. The van der Waals surface area contributed by atoms with E-state index in [4.69, 9.17) is 14.2 Å². The maximum Gasteiger partial charge on any atom is 0.322 e. The summed E-state index contributed by atoms with van der Waals surface area (Å²) in [5, 5.41) is 12.2. The molecule has 138 valence electrons. The standard InChI is InChI=1S/C19H22N2O5/c1-24-17-3-2-4-18(11-17)26-16-7-5-14(6-8-16)20-19(23)21-9-10-25-13-15(21)12-22/h2-8,11,15,22H,9-10,12-13H2,1H3,(H,20,23)/t15-/m1/s1. The van der Waals surface area contributed by atoms with E-state index in [0.717, 1.165) is 5.75 Å². The van der Waals surface area contributed by atoms with Crippen LogP contribution in [0.4, 0.5) is 10.5 Å². The van der Waals surface area contributed by atoms with Gasteiger partial charge in [-0.25, -0.2) is 4.79 Å². The lowest BCUT2D eigenvalue weighted by Gasteiger charge is -2.34. The highest BCUT2D eigenvalue weighted by Gasteiger charge is 2.26. The molecule has 0 spiro atoms. The Morgan fingerprint density at radius 1 is 1.23 bits per heavy atom. The van der Waals surface area contributed by atoms with Crippen LogP contribution >= 0.6 is 0 Å². The van der Waals surface area contributed by atoms with Gasteiger partial charge in [-0.3, -0.25) is 0 Å². The molecule has 1 aliphatic heterocycles. The van der Waals surface area contributed by atoms with Crippen LogP contribution < -0.4 is 14.8 Å². The Labute approximate surface area is 152 Å². The second-order valence-corrected chi connectivity index (χ2v) is 5.84. The number of urea groups is 1. The van der Waals surface area contributed by atoms with Crippen LogP contribution in [-0.4, -0.2) is 55.6 Å². The smallest absolute Gasteiger partial charge is 0.322 e. The number of hydrogen-bond donors (Lipinski definition) is 2. The molecule has 0 unspecified atom stereocenters. The molecule has 1 aliphatic rings. The van der Waals surface area contributed by atoms with Gasteiger partial charge in [-0.15, -0.1) is 0 Å². The van der Waals surface area contributed by atoms with Crippen LogP contribution in [0.25, 0.3) is 0 Å². The summed E-state index contributed by atoms with van der Waals surface area (Å²) >= 11 is 0. The van der Waals surface area contributed by atoms with Gasteiger partial charge in [-0.1, -0.05) is 6.07 Å². The van der Waals surface area contributed by atoms with Crippen LogP contribution in [0.2, 0.25) is 0 Å². The Morgan fingerprint density at radius 3 is 2.73 bits per heavy atom. The summed E-state index contributed by atoms with van der Waals surface area (Å²) in [4.78, 5) is 14.0. The van der Waals surface area contributed by atoms with Crippen LogP contribution in [0.1, 0.15) is 0 Å². The van der Waals surface area contributed by atoms with Gasteiger partial charge in [0.2, 0.25) is 0 Å². The number of rotatable bonds is 5. The van der Waals surface area contributed by atoms with E-state index in [-0.39, 0.29) is 18.7 Å². The Kier molecular flexibility index (Phi) is 5.93. The predicted octanol–water partition coefficient (Wildman–Crippen LogP) is 2.71. The monoisotopic (exact) mass is 358 g/mol.